The number of aromatic amines is 1. The number of hydrogen-bond donors (Lipinski definition) is 3. The van der Waals surface area contributed by atoms with Gasteiger partial charge in [0.1, 0.15) is 11.6 Å². The Hall–Kier alpha value is -2.77. The number of aromatic nitrogens is 3. The number of carbonyl (C=O) groups is 1. The number of fused-ring (bicyclic) bond motifs is 1. The van der Waals surface area contributed by atoms with Crippen molar-refractivity contribution in [2.24, 2.45) is 0 Å². The first-order valence-corrected chi connectivity index (χ1v) is 7.01. The lowest BCUT2D eigenvalue weighted by atomic mass is 10.1. The minimum Gasteiger partial charge on any atom is -0.493 e. The molecule has 0 saturated carbocycles. The Kier molecular flexibility index (Phi) is 3.82. The first kappa shape index (κ1) is 14.2. The fraction of sp³-hybridized carbons (Fsp3) is 0.357. The van der Waals surface area contributed by atoms with Crippen molar-refractivity contribution in [1.82, 2.24) is 20.5 Å². The van der Waals surface area contributed by atoms with Gasteiger partial charge in [-0.3, -0.25) is 5.10 Å². The highest BCUT2D eigenvalue weighted by Crippen LogP contribution is 2.31. The molecule has 2 amide bonds. The van der Waals surface area contributed by atoms with Gasteiger partial charge in [-0.25, -0.2) is 4.79 Å². The average Bonchev–Trinajstić information content (AvgIpc) is 3.14. The summed E-state index contributed by atoms with van der Waals surface area (Å²) in [4.78, 5) is 18.0. The summed E-state index contributed by atoms with van der Waals surface area (Å²) in [5.74, 6) is 2.01. The van der Waals surface area contributed by atoms with Crippen LogP contribution in [0.3, 0.4) is 0 Å². The van der Waals surface area contributed by atoms with Crippen molar-refractivity contribution in [2.75, 3.05) is 30.9 Å². The van der Waals surface area contributed by atoms with Gasteiger partial charge in [-0.15, -0.1) is 5.10 Å². The SMILES string of the molecule is CN(C)c1n[nH]c(CNC(=O)Nc2cccc3c2CCO3)n1. The summed E-state index contributed by atoms with van der Waals surface area (Å²) in [6.45, 7) is 0.930. The predicted octanol–water partition coefficient (Wildman–Crippen LogP) is 1.13. The van der Waals surface area contributed by atoms with Gasteiger partial charge in [-0.05, 0) is 12.1 Å². The van der Waals surface area contributed by atoms with Crippen molar-refractivity contribution in [3.63, 3.8) is 0 Å². The Balaban J connectivity index is 1.58. The highest BCUT2D eigenvalue weighted by Gasteiger charge is 2.17. The standard InChI is InChI=1S/C14H18N6O2/c1-20(2)13-17-12(18-19-13)8-15-14(21)16-10-4-3-5-11-9(10)6-7-22-11/h3-5H,6-8H2,1-2H3,(H2,15,16,21)(H,17,18,19). The number of H-pyrrole nitrogens is 1. The molecule has 0 bridgehead atoms. The Morgan fingerprint density at radius 2 is 2.32 bits per heavy atom. The molecular weight excluding hydrogens is 284 g/mol. The van der Waals surface area contributed by atoms with E-state index in [0.29, 0.717) is 18.4 Å². The summed E-state index contributed by atoms with van der Waals surface area (Å²) in [6, 6.07) is 5.34. The van der Waals surface area contributed by atoms with Crippen LogP contribution in [0.25, 0.3) is 0 Å². The van der Waals surface area contributed by atoms with E-state index in [2.05, 4.69) is 25.8 Å². The first-order chi connectivity index (χ1) is 10.6. The van der Waals surface area contributed by atoms with Crippen LogP contribution in [0, 0.1) is 0 Å². The van der Waals surface area contributed by atoms with Gasteiger partial charge < -0.3 is 20.3 Å². The van der Waals surface area contributed by atoms with Gasteiger partial charge in [0.05, 0.1) is 13.2 Å². The number of benzene rings is 1. The molecule has 1 aromatic carbocycles. The summed E-state index contributed by atoms with van der Waals surface area (Å²) in [7, 11) is 3.70. The molecule has 1 aliphatic rings. The third-order valence-corrected chi connectivity index (χ3v) is 3.33. The van der Waals surface area contributed by atoms with Crippen LogP contribution >= 0.6 is 0 Å². The molecule has 8 nitrogen and oxygen atoms in total. The van der Waals surface area contributed by atoms with Gasteiger partial charge in [0, 0.05) is 31.8 Å². The minimum absolute atomic E-state index is 0.276. The quantitative estimate of drug-likeness (QED) is 0.787. The maximum atomic E-state index is 12.0. The second kappa shape index (κ2) is 5.92. The summed E-state index contributed by atoms with van der Waals surface area (Å²) < 4.78 is 5.48. The number of urea groups is 1. The molecule has 0 unspecified atom stereocenters. The van der Waals surface area contributed by atoms with Gasteiger partial charge in [0.25, 0.3) is 0 Å². The van der Waals surface area contributed by atoms with Crippen molar-refractivity contribution in [2.45, 2.75) is 13.0 Å². The summed E-state index contributed by atoms with van der Waals surface area (Å²) >= 11 is 0. The number of nitrogens with one attached hydrogen (secondary N) is 3. The summed E-state index contributed by atoms with van der Waals surface area (Å²) in [5, 5.41) is 12.4. The number of anilines is 2. The van der Waals surface area contributed by atoms with Crippen LogP contribution in [0.1, 0.15) is 11.4 Å². The monoisotopic (exact) mass is 302 g/mol. The molecule has 0 spiro atoms. The zero-order valence-electron chi connectivity index (χ0n) is 12.5. The molecule has 2 aromatic rings. The van der Waals surface area contributed by atoms with E-state index in [1.54, 1.807) is 4.90 Å². The molecule has 3 rings (SSSR count). The van der Waals surface area contributed by atoms with Crippen LogP contribution in [-0.2, 0) is 13.0 Å². The topological polar surface area (TPSA) is 95.2 Å². The van der Waals surface area contributed by atoms with Crippen LogP contribution in [0.5, 0.6) is 5.75 Å². The van der Waals surface area contributed by atoms with E-state index < -0.39 is 0 Å². The van der Waals surface area contributed by atoms with Crippen molar-refractivity contribution in [3.8, 4) is 5.75 Å². The molecule has 1 aromatic heterocycles. The van der Waals surface area contributed by atoms with Crippen LogP contribution < -0.4 is 20.3 Å². The van der Waals surface area contributed by atoms with Crippen molar-refractivity contribution >= 4 is 17.7 Å². The first-order valence-electron chi connectivity index (χ1n) is 7.01. The van der Waals surface area contributed by atoms with E-state index in [1.807, 2.05) is 32.3 Å². The smallest absolute Gasteiger partial charge is 0.319 e. The van der Waals surface area contributed by atoms with Crippen molar-refractivity contribution in [1.29, 1.82) is 0 Å². The molecule has 116 valence electrons. The van der Waals surface area contributed by atoms with E-state index >= 15 is 0 Å². The molecule has 0 radical (unpaired) electrons. The van der Waals surface area contributed by atoms with Gasteiger partial charge in [-0.1, -0.05) is 6.07 Å². The van der Waals surface area contributed by atoms with Crippen LogP contribution in [0.4, 0.5) is 16.4 Å². The Labute approximate surface area is 127 Å². The van der Waals surface area contributed by atoms with E-state index in [9.17, 15) is 4.79 Å². The van der Waals surface area contributed by atoms with Gasteiger partial charge in [0.2, 0.25) is 5.95 Å². The average molecular weight is 302 g/mol. The number of nitrogens with zero attached hydrogens (tertiary/aromatic N) is 3. The fourth-order valence-corrected chi connectivity index (χ4v) is 2.23. The lowest BCUT2D eigenvalue weighted by molar-refractivity contribution is 0.251. The van der Waals surface area contributed by atoms with Crippen molar-refractivity contribution in [3.05, 3.63) is 29.6 Å². The molecular formula is C14H18N6O2. The number of hydrogen-bond acceptors (Lipinski definition) is 5. The van der Waals surface area contributed by atoms with Gasteiger partial charge in [-0.2, -0.15) is 4.98 Å². The lowest BCUT2D eigenvalue weighted by Gasteiger charge is -2.09. The molecule has 8 heteroatoms. The maximum absolute atomic E-state index is 12.0. The van der Waals surface area contributed by atoms with Crippen molar-refractivity contribution < 1.29 is 9.53 Å². The molecule has 2 heterocycles. The molecule has 0 saturated heterocycles. The predicted molar refractivity (Wildman–Crippen MR) is 82.2 cm³/mol. The zero-order valence-corrected chi connectivity index (χ0v) is 12.5. The highest BCUT2D eigenvalue weighted by atomic mass is 16.5. The third kappa shape index (κ3) is 2.95. The van der Waals surface area contributed by atoms with E-state index in [0.717, 1.165) is 23.4 Å². The van der Waals surface area contributed by atoms with E-state index in [-0.39, 0.29) is 12.6 Å². The number of carbonyl (C=O) groups excluding carboxylic acids is 1. The Morgan fingerprint density at radius 3 is 3.09 bits per heavy atom. The normalized spacial score (nSPS) is 12.5. The molecule has 0 aliphatic carbocycles. The molecule has 22 heavy (non-hydrogen) atoms. The maximum Gasteiger partial charge on any atom is 0.319 e. The largest absolute Gasteiger partial charge is 0.493 e. The Bertz CT molecular complexity index is 682. The summed E-state index contributed by atoms with van der Waals surface area (Å²) in [6.07, 6.45) is 0.806. The minimum atomic E-state index is -0.289. The molecule has 0 atom stereocenters. The van der Waals surface area contributed by atoms with Crippen LogP contribution in [-0.4, -0.2) is 41.9 Å². The number of amides is 2. The molecule has 3 N–H and O–H groups in total. The number of ether oxygens (including phenoxy) is 1. The highest BCUT2D eigenvalue weighted by molar-refractivity contribution is 5.90. The molecule has 0 fully saturated rings. The third-order valence-electron chi connectivity index (χ3n) is 3.33. The fourth-order valence-electron chi connectivity index (χ4n) is 2.23. The summed E-state index contributed by atoms with van der Waals surface area (Å²) in [5.41, 5.74) is 1.81. The van der Waals surface area contributed by atoms with Crippen LogP contribution in [0.2, 0.25) is 0 Å². The molecule has 1 aliphatic heterocycles. The number of rotatable bonds is 4. The van der Waals surface area contributed by atoms with Crippen LogP contribution in [0.15, 0.2) is 18.2 Å². The van der Waals surface area contributed by atoms with Gasteiger partial charge in [0.15, 0.2) is 0 Å². The van der Waals surface area contributed by atoms with E-state index in [4.69, 9.17) is 4.74 Å². The Morgan fingerprint density at radius 1 is 1.45 bits per heavy atom. The van der Waals surface area contributed by atoms with E-state index in [1.165, 1.54) is 0 Å². The second-order valence-corrected chi connectivity index (χ2v) is 5.16. The zero-order chi connectivity index (χ0) is 15.5. The second-order valence-electron chi connectivity index (χ2n) is 5.16. The lowest BCUT2D eigenvalue weighted by Crippen LogP contribution is -2.29. The van der Waals surface area contributed by atoms with Gasteiger partial charge >= 0.3 is 6.03 Å².